The lowest BCUT2D eigenvalue weighted by atomic mass is 10.3. The van der Waals surface area contributed by atoms with Gasteiger partial charge in [-0.15, -0.1) is 0 Å². The fourth-order valence-corrected chi connectivity index (χ4v) is 9.32. The number of hydrogen-bond donors (Lipinski definition) is 0. The second-order valence-corrected chi connectivity index (χ2v) is 23.8. The van der Waals surface area contributed by atoms with Crippen LogP contribution in [0.5, 0.6) is 0 Å². The van der Waals surface area contributed by atoms with Gasteiger partial charge in [-0.05, 0) is 65.8 Å². The topological polar surface area (TPSA) is 54.0 Å². The van der Waals surface area contributed by atoms with Crippen molar-refractivity contribution in [2.45, 2.75) is 77.0 Å². The molecule has 0 aromatic rings. The summed E-state index contributed by atoms with van der Waals surface area (Å²) in [4.78, 5) is 12.0. The molecule has 0 spiro atoms. The molecule has 0 fully saturated rings. The van der Waals surface area contributed by atoms with Crippen molar-refractivity contribution in [1.29, 1.82) is 0 Å². The smallest absolute Gasteiger partial charge is 0.332 e. The zero-order chi connectivity index (χ0) is 19.6. The molecule has 0 saturated heterocycles. The van der Waals surface area contributed by atoms with E-state index in [0.29, 0.717) is 10.2 Å². The summed E-state index contributed by atoms with van der Waals surface area (Å²) in [5, 5.41) is 0. The number of carbonyl (C=O) groups is 1. The Morgan fingerprint density at radius 1 is 0.875 bits per heavy atom. The summed E-state index contributed by atoms with van der Waals surface area (Å²) >= 11 is 0. The number of esters is 1. The second kappa shape index (κ2) is 7.68. The van der Waals surface area contributed by atoms with Crippen LogP contribution in [0.3, 0.4) is 0 Å². The average Bonchev–Trinajstić information content (AvgIpc) is 2.20. The van der Waals surface area contributed by atoms with Gasteiger partial charge in [-0.25, -0.2) is 4.79 Å². The Hall–Kier alpha value is -0.0425. The van der Waals surface area contributed by atoms with Crippen molar-refractivity contribution < 1.29 is 22.8 Å². The summed E-state index contributed by atoms with van der Waals surface area (Å²) < 4.78 is 24.9. The predicted octanol–water partition coefficient (Wildman–Crippen LogP) is 3.01. The fraction of sp³-hybridized carbons (Fsp3) is 0.800. The number of rotatable bonds is 9. The molecule has 0 bridgehead atoms. The summed E-state index contributed by atoms with van der Waals surface area (Å²) in [6, 6.07) is 0. The minimum absolute atomic E-state index is 0.412. The molecule has 0 N–H and O–H groups in total. The van der Waals surface area contributed by atoms with E-state index < -0.39 is 42.1 Å². The zero-order valence-electron chi connectivity index (χ0n) is 17.3. The predicted molar refractivity (Wildman–Crippen MR) is 111 cm³/mol. The van der Waals surface area contributed by atoms with Crippen molar-refractivity contribution in [1.82, 2.24) is 0 Å². The normalized spacial score (nSPS) is 16.6. The lowest BCUT2D eigenvalue weighted by Gasteiger charge is -2.51. The molecule has 0 heterocycles. The summed E-state index contributed by atoms with van der Waals surface area (Å²) in [5.74, 6) is -1.65. The summed E-state index contributed by atoms with van der Waals surface area (Å²) in [5.41, 5.74) is -1.22. The molecule has 1 unspecified atom stereocenters. The Morgan fingerprint density at radius 2 is 1.21 bits per heavy atom. The van der Waals surface area contributed by atoms with Crippen molar-refractivity contribution in [2.75, 3.05) is 0 Å². The Kier molecular flexibility index (Phi) is 7.67. The summed E-state index contributed by atoms with van der Waals surface area (Å²) in [7, 11) is -5.63. The largest absolute Gasteiger partial charge is 0.430 e. The van der Waals surface area contributed by atoms with E-state index >= 15 is 0 Å². The van der Waals surface area contributed by atoms with Crippen LogP contribution in [-0.2, 0) is 22.8 Å². The SMILES string of the molecule is C=CC(=O)OC([SiH3])(O[Si](C)(C)C)C(C)(O[Si](C)(C)C)O[Si](C)(C)C. The molecule has 142 valence electrons. The van der Waals surface area contributed by atoms with Gasteiger partial charge in [-0.1, -0.05) is 6.58 Å². The van der Waals surface area contributed by atoms with Crippen LogP contribution in [0.25, 0.3) is 0 Å². The van der Waals surface area contributed by atoms with Crippen molar-refractivity contribution in [3.63, 3.8) is 0 Å². The molecule has 1 atom stereocenters. The van der Waals surface area contributed by atoms with Gasteiger partial charge in [0, 0.05) is 6.08 Å². The standard InChI is InChI=1S/C15H36O5Si4/c1-12-13(16)17-15(21,20-24(9,10)11)14(2,18-22(3,4)5)19-23(6,7)8/h12H,1H2,2-11,21H3. The van der Waals surface area contributed by atoms with Gasteiger partial charge < -0.3 is 18.0 Å². The molecule has 24 heavy (non-hydrogen) atoms. The molecule has 0 aromatic carbocycles. The third-order valence-electron chi connectivity index (χ3n) is 2.79. The molecule has 9 heteroatoms. The van der Waals surface area contributed by atoms with Gasteiger partial charge in [0.2, 0.25) is 11.2 Å². The van der Waals surface area contributed by atoms with Crippen molar-refractivity contribution >= 4 is 41.2 Å². The lowest BCUT2D eigenvalue weighted by molar-refractivity contribution is -0.283. The number of ether oxygens (including phenoxy) is 1. The minimum atomic E-state index is -2.04. The molecule has 0 rings (SSSR count). The Bertz CT molecular complexity index is 446. The van der Waals surface area contributed by atoms with Crippen LogP contribution >= 0.6 is 0 Å². The molecular formula is C15H36O5Si4. The van der Waals surface area contributed by atoms with E-state index in [9.17, 15) is 4.79 Å². The number of carbonyl (C=O) groups excluding carboxylic acids is 1. The van der Waals surface area contributed by atoms with Crippen molar-refractivity contribution in [3.05, 3.63) is 12.7 Å². The van der Waals surface area contributed by atoms with Gasteiger partial charge in [0.25, 0.3) is 0 Å². The first-order valence-electron chi connectivity index (χ1n) is 8.28. The van der Waals surface area contributed by atoms with E-state index in [1.807, 2.05) is 6.92 Å². The molecule has 0 saturated carbocycles. The maximum Gasteiger partial charge on any atom is 0.332 e. The molecule has 5 nitrogen and oxygen atoms in total. The highest BCUT2D eigenvalue weighted by molar-refractivity contribution is 6.71. The van der Waals surface area contributed by atoms with E-state index in [4.69, 9.17) is 18.0 Å². The Labute approximate surface area is 153 Å². The first-order valence-corrected chi connectivity index (χ1v) is 19.5. The maximum atomic E-state index is 12.0. The Morgan fingerprint density at radius 3 is 1.46 bits per heavy atom. The van der Waals surface area contributed by atoms with Crippen LogP contribution in [0.15, 0.2) is 12.7 Å². The first kappa shape index (κ1) is 24.0. The van der Waals surface area contributed by atoms with E-state index in [2.05, 4.69) is 65.5 Å². The quantitative estimate of drug-likeness (QED) is 0.254. The molecule has 0 aliphatic heterocycles. The highest BCUT2D eigenvalue weighted by atomic mass is 28.4. The molecule has 0 aliphatic rings. The number of hydrogen-bond acceptors (Lipinski definition) is 5. The van der Waals surface area contributed by atoms with E-state index in [1.165, 1.54) is 0 Å². The first-order chi connectivity index (χ1) is 10.3. The van der Waals surface area contributed by atoms with Crippen LogP contribution < -0.4 is 0 Å². The van der Waals surface area contributed by atoms with Crippen LogP contribution in [0.4, 0.5) is 0 Å². The third-order valence-corrected chi connectivity index (χ3v) is 7.52. The van der Waals surface area contributed by atoms with Crippen LogP contribution in [0.1, 0.15) is 6.92 Å². The molecular weight excluding hydrogens is 373 g/mol. The van der Waals surface area contributed by atoms with Gasteiger partial charge in [0.1, 0.15) is 0 Å². The summed E-state index contributed by atoms with van der Waals surface area (Å²) in [6.45, 7) is 24.1. The van der Waals surface area contributed by atoms with Gasteiger partial charge >= 0.3 is 5.97 Å². The van der Waals surface area contributed by atoms with Gasteiger partial charge in [-0.3, -0.25) is 0 Å². The van der Waals surface area contributed by atoms with Crippen molar-refractivity contribution in [3.8, 4) is 0 Å². The second-order valence-electron chi connectivity index (χ2n) is 9.16. The van der Waals surface area contributed by atoms with Crippen LogP contribution in [-0.4, -0.2) is 52.4 Å². The third kappa shape index (κ3) is 8.36. The van der Waals surface area contributed by atoms with E-state index in [0.717, 1.165) is 6.08 Å². The fourth-order valence-electron chi connectivity index (χ4n) is 2.40. The molecule has 0 aromatic heterocycles. The highest BCUT2D eigenvalue weighted by Crippen LogP contribution is 2.37. The maximum absolute atomic E-state index is 12.0. The van der Waals surface area contributed by atoms with Crippen LogP contribution in [0.2, 0.25) is 58.9 Å². The summed E-state index contributed by atoms with van der Waals surface area (Å²) in [6.07, 6.45) is 1.16. The van der Waals surface area contributed by atoms with E-state index in [-0.39, 0.29) is 0 Å². The Balaban J connectivity index is 6.13. The molecule has 0 aliphatic carbocycles. The average molecular weight is 409 g/mol. The highest BCUT2D eigenvalue weighted by Gasteiger charge is 2.56. The lowest BCUT2D eigenvalue weighted by Crippen LogP contribution is -2.67. The van der Waals surface area contributed by atoms with E-state index in [1.54, 1.807) is 0 Å². The van der Waals surface area contributed by atoms with Gasteiger partial charge in [0.05, 0.1) is 10.2 Å². The van der Waals surface area contributed by atoms with Crippen molar-refractivity contribution in [2.24, 2.45) is 0 Å². The zero-order valence-corrected chi connectivity index (χ0v) is 22.3. The van der Waals surface area contributed by atoms with Gasteiger partial charge in [0.15, 0.2) is 25.0 Å². The minimum Gasteiger partial charge on any atom is -0.430 e. The molecule has 0 amide bonds. The molecule has 0 radical (unpaired) electrons. The monoisotopic (exact) mass is 408 g/mol. The van der Waals surface area contributed by atoms with Gasteiger partial charge in [-0.2, -0.15) is 0 Å². The van der Waals surface area contributed by atoms with Crippen LogP contribution in [0, 0.1) is 0 Å².